The molecule has 0 spiro atoms. The zero-order valence-corrected chi connectivity index (χ0v) is 13.3. The summed E-state index contributed by atoms with van der Waals surface area (Å²) in [7, 11) is 0. The number of aromatic amines is 1. The molecule has 0 bridgehead atoms. The number of carbonyl (C=O) groups excluding carboxylic acids is 3. The zero-order chi connectivity index (χ0) is 18.3. The minimum absolute atomic E-state index is 0.179. The van der Waals surface area contributed by atoms with Crippen LogP contribution in [0.3, 0.4) is 0 Å². The van der Waals surface area contributed by atoms with Gasteiger partial charge in [-0.05, 0) is 18.2 Å². The van der Waals surface area contributed by atoms with Gasteiger partial charge < -0.3 is 4.84 Å². The van der Waals surface area contributed by atoms with Crippen LogP contribution in [0.5, 0.6) is 0 Å². The highest BCUT2D eigenvalue weighted by Crippen LogP contribution is 2.23. The van der Waals surface area contributed by atoms with Gasteiger partial charge >= 0.3 is 5.97 Å². The normalized spacial score (nSPS) is 13.2. The number of nitrogens with one attached hydrogen (secondary N) is 1. The maximum atomic E-state index is 12.2. The van der Waals surface area contributed by atoms with Crippen LogP contribution in [0.15, 0.2) is 53.3 Å². The van der Waals surface area contributed by atoms with Crippen molar-refractivity contribution in [2.45, 2.75) is 6.42 Å². The standard InChI is InChI=1S/C18H11N3O5/c22-15(9-14-10-5-1-2-6-11(10)16(23)20-19-14)26-21-17(24)12-7-3-4-8-13(12)18(21)25/h1-8H,9H2,(H,20,23). The summed E-state index contributed by atoms with van der Waals surface area (Å²) in [6.45, 7) is 0. The first-order valence-corrected chi connectivity index (χ1v) is 7.71. The Kier molecular flexibility index (Phi) is 3.58. The third-order valence-electron chi connectivity index (χ3n) is 4.04. The number of imide groups is 1. The highest BCUT2D eigenvalue weighted by atomic mass is 16.7. The van der Waals surface area contributed by atoms with Crippen LogP contribution < -0.4 is 5.56 Å². The van der Waals surface area contributed by atoms with E-state index in [4.69, 9.17) is 4.84 Å². The van der Waals surface area contributed by atoms with Crippen molar-refractivity contribution in [2.24, 2.45) is 0 Å². The van der Waals surface area contributed by atoms with Gasteiger partial charge in [-0.25, -0.2) is 9.89 Å². The van der Waals surface area contributed by atoms with E-state index in [2.05, 4.69) is 10.2 Å². The van der Waals surface area contributed by atoms with Gasteiger partial charge in [-0.2, -0.15) is 5.10 Å². The number of hydrogen-bond donors (Lipinski definition) is 1. The molecule has 0 saturated carbocycles. The molecule has 128 valence electrons. The summed E-state index contributed by atoms with van der Waals surface area (Å²) in [6, 6.07) is 12.9. The van der Waals surface area contributed by atoms with E-state index < -0.39 is 17.8 Å². The number of nitrogens with zero attached hydrogens (tertiary/aromatic N) is 2. The molecule has 0 radical (unpaired) electrons. The number of hydroxylamine groups is 2. The van der Waals surface area contributed by atoms with Gasteiger partial charge in [0.2, 0.25) is 0 Å². The topological polar surface area (TPSA) is 109 Å². The number of H-pyrrole nitrogens is 1. The number of hydrogen-bond acceptors (Lipinski definition) is 6. The van der Waals surface area contributed by atoms with Crippen LogP contribution in [0.1, 0.15) is 26.4 Å². The largest absolute Gasteiger partial charge is 0.339 e. The van der Waals surface area contributed by atoms with Gasteiger partial charge in [-0.1, -0.05) is 35.4 Å². The number of fused-ring (bicyclic) bond motifs is 2. The molecule has 8 nitrogen and oxygen atoms in total. The van der Waals surface area contributed by atoms with Crippen LogP contribution in [0, 0.1) is 0 Å². The van der Waals surface area contributed by atoms with Gasteiger partial charge in [0.1, 0.15) is 0 Å². The minimum atomic E-state index is -0.843. The first-order chi connectivity index (χ1) is 12.6. The van der Waals surface area contributed by atoms with Crippen molar-refractivity contribution in [1.29, 1.82) is 0 Å². The second-order valence-electron chi connectivity index (χ2n) is 5.64. The smallest absolute Gasteiger partial charge is 0.329 e. The molecular formula is C18H11N3O5. The van der Waals surface area contributed by atoms with E-state index in [-0.39, 0.29) is 28.8 Å². The van der Waals surface area contributed by atoms with Crippen molar-refractivity contribution in [3.63, 3.8) is 0 Å². The third-order valence-corrected chi connectivity index (χ3v) is 4.04. The molecule has 3 aromatic rings. The van der Waals surface area contributed by atoms with Crippen LogP contribution >= 0.6 is 0 Å². The van der Waals surface area contributed by atoms with Crippen LogP contribution in [0.4, 0.5) is 0 Å². The average Bonchev–Trinajstić information content (AvgIpc) is 2.90. The summed E-state index contributed by atoms with van der Waals surface area (Å²) in [5.41, 5.74) is 0.260. The lowest BCUT2D eigenvalue weighted by atomic mass is 10.1. The van der Waals surface area contributed by atoms with Crippen molar-refractivity contribution in [2.75, 3.05) is 0 Å². The Balaban J connectivity index is 1.58. The Bertz CT molecular complexity index is 1100. The summed E-state index contributed by atoms with van der Waals surface area (Å²) >= 11 is 0. The average molecular weight is 349 g/mol. The molecule has 2 amide bonds. The second-order valence-corrected chi connectivity index (χ2v) is 5.64. The Hall–Kier alpha value is -3.81. The molecule has 26 heavy (non-hydrogen) atoms. The van der Waals surface area contributed by atoms with Crippen molar-refractivity contribution in [1.82, 2.24) is 15.3 Å². The molecule has 0 saturated heterocycles. The van der Waals surface area contributed by atoms with Crippen molar-refractivity contribution >= 4 is 28.6 Å². The van der Waals surface area contributed by atoms with E-state index >= 15 is 0 Å². The number of aromatic nitrogens is 2. The van der Waals surface area contributed by atoms with Gasteiger partial charge in [-0.15, -0.1) is 0 Å². The fourth-order valence-electron chi connectivity index (χ4n) is 2.83. The number of carbonyl (C=O) groups is 3. The fraction of sp³-hybridized carbons (Fsp3) is 0.0556. The van der Waals surface area contributed by atoms with Gasteiger partial charge in [0.15, 0.2) is 0 Å². The lowest BCUT2D eigenvalue weighted by Crippen LogP contribution is -2.33. The van der Waals surface area contributed by atoms with Gasteiger partial charge in [0.25, 0.3) is 17.4 Å². The molecule has 8 heteroatoms. The predicted octanol–water partition coefficient (Wildman–Crippen LogP) is 1.22. The van der Waals surface area contributed by atoms with E-state index in [1.165, 1.54) is 12.1 Å². The fourth-order valence-corrected chi connectivity index (χ4v) is 2.83. The molecule has 2 aromatic carbocycles. The van der Waals surface area contributed by atoms with Gasteiger partial charge in [0, 0.05) is 5.39 Å². The first kappa shape index (κ1) is 15.7. The lowest BCUT2D eigenvalue weighted by Gasteiger charge is -2.12. The SMILES string of the molecule is O=C(Cc1n[nH]c(=O)c2ccccc12)ON1C(=O)c2ccccc2C1=O. The third kappa shape index (κ3) is 2.44. The summed E-state index contributed by atoms with van der Waals surface area (Å²) in [4.78, 5) is 53.4. The number of rotatable bonds is 3. The van der Waals surface area contributed by atoms with E-state index in [1.807, 2.05) is 0 Å². The summed E-state index contributed by atoms with van der Waals surface area (Å²) in [5.74, 6) is -2.24. The van der Waals surface area contributed by atoms with Gasteiger partial charge in [0.05, 0.1) is 28.6 Å². The Morgan fingerprint density at radius 3 is 2.15 bits per heavy atom. The van der Waals surface area contributed by atoms with Gasteiger partial charge in [-0.3, -0.25) is 14.4 Å². The highest BCUT2D eigenvalue weighted by Gasteiger charge is 2.38. The van der Waals surface area contributed by atoms with Crippen molar-refractivity contribution in [3.8, 4) is 0 Å². The van der Waals surface area contributed by atoms with Crippen molar-refractivity contribution < 1.29 is 19.2 Å². The summed E-state index contributed by atoms with van der Waals surface area (Å²) < 4.78 is 0. The molecule has 1 N–H and O–H groups in total. The highest BCUT2D eigenvalue weighted by molar-refractivity contribution is 6.20. The maximum absolute atomic E-state index is 12.2. The molecule has 2 heterocycles. The number of benzene rings is 2. The maximum Gasteiger partial charge on any atom is 0.339 e. The molecule has 0 unspecified atom stereocenters. The molecular weight excluding hydrogens is 338 g/mol. The number of amides is 2. The monoisotopic (exact) mass is 349 g/mol. The zero-order valence-electron chi connectivity index (χ0n) is 13.3. The van der Waals surface area contributed by atoms with E-state index in [0.29, 0.717) is 15.8 Å². The lowest BCUT2D eigenvalue weighted by molar-refractivity contribution is -0.167. The minimum Gasteiger partial charge on any atom is -0.329 e. The van der Waals surface area contributed by atoms with E-state index in [1.54, 1.807) is 36.4 Å². The Morgan fingerprint density at radius 1 is 0.923 bits per heavy atom. The van der Waals surface area contributed by atoms with E-state index in [0.717, 1.165) is 0 Å². The van der Waals surface area contributed by atoms with Crippen LogP contribution in [-0.2, 0) is 16.1 Å². The van der Waals surface area contributed by atoms with Crippen LogP contribution in [0.25, 0.3) is 10.8 Å². The molecule has 0 atom stereocenters. The predicted molar refractivity (Wildman–Crippen MR) is 89.1 cm³/mol. The van der Waals surface area contributed by atoms with E-state index in [9.17, 15) is 19.2 Å². The molecule has 1 aromatic heterocycles. The van der Waals surface area contributed by atoms with Crippen LogP contribution in [-0.4, -0.2) is 33.0 Å². The Labute approximate surface area is 146 Å². The molecule has 1 aliphatic heterocycles. The molecule has 4 rings (SSSR count). The molecule has 1 aliphatic rings. The molecule has 0 aliphatic carbocycles. The molecule has 0 fully saturated rings. The Morgan fingerprint density at radius 2 is 1.50 bits per heavy atom. The van der Waals surface area contributed by atoms with Crippen molar-refractivity contribution in [3.05, 3.63) is 75.7 Å². The quantitative estimate of drug-likeness (QED) is 0.712. The summed E-state index contributed by atoms with van der Waals surface area (Å²) in [6.07, 6.45) is -0.315. The van der Waals surface area contributed by atoms with Crippen LogP contribution in [0.2, 0.25) is 0 Å². The summed E-state index contributed by atoms with van der Waals surface area (Å²) in [5, 5.41) is 7.51. The second kappa shape index (κ2) is 5.92. The first-order valence-electron chi connectivity index (χ1n) is 7.71.